The molecule has 0 saturated carbocycles. The number of aromatic nitrogens is 2. The van der Waals surface area contributed by atoms with Crippen molar-refractivity contribution in [3.63, 3.8) is 0 Å². The number of nitrogens with one attached hydrogen (secondary N) is 2. The van der Waals surface area contributed by atoms with E-state index in [0.29, 0.717) is 36.7 Å². The Kier molecular flexibility index (Phi) is 3.47. The zero-order valence-electron chi connectivity index (χ0n) is 10.7. The first-order valence-electron chi connectivity index (χ1n) is 6.80. The number of hydrogen-bond donors (Lipinski definition) is 2. The predicted molar refractivity (Wildman–Crippen MR) is 66.2 cm³/mol. The van der Waals surface area contributed by atoms with Gasteiger partial charge in [-0.25, -0.2) is 0 Å². The van der Waals surface area contributed by atoms with Crippen LogP contribution in [-0.4, -0.2) is 35.0 Å². The van der Waals surface area contributed by atoms with Crippen LogP contribution >= 0.6 is 0 Å². The fourth-order valence-electron chi connectivity index (χ4n) is 2.70. The zero-order valence-corrected chi connectivity index (χ0v) is 10.7. The van der Waals surface area contributed by atoms with E-state index in [-0.39, 0.29) is 0 Å². The van der Waals surface area contributed by atoms with Gasteiger partial charge in [-0.15, -0.1) is 5.10 Å². The highest BCUT2D eigenvalue weighted by Crippen LogP contribution is 2.35. The van der Waals surface area contributed by atoms with Crippen molar-refractivity contribution in [3.05, 3.63) is 5.89 Å². The normalized spacial score (nSPS) is 29.9. The Morgan fingerprint density at radius 1 is 1.33 bits per heavy atom. The molecule has 2 bridgehead atoms. The van der Waals surface area contributed by atoms with E-state index >= 15 is 0 Å². The SMILES string of the molecule is CCCNCc1nnc(NC2CC3CCC2O3)o1. The molecule has 2 N–H and O–H groups in total. The van der Waals surface area contributed by atoms with Crippen LogP contribution in [0, 0.1) is 0 Å². The van der Waals surface area contributed by atoms with E-state index in [4.69, 9.17) is 9.15 Å². The van der Waals surface area contributed by atoms with E-state index in [1.54, 1.807) is 0 Å². The molecule has 0 amide bonds. The van der Waals surface area contributed by atoms with Gasteiger partial charge in [-0.3, -0.25) is 0 Å². The smallest absolute Gasteiger partial charge is 0.315 e. The van der Waals surface area contributed by atoms with E-state index in [0.717, 1.165) is 25.8 Å². The lowest BCUT2D eigenvalue weighted by Crippen LogP contribution is -2.30. The van der Waals surface area contributed by atoms with E-state index in [1.807, 2.05) is 0 Å². The molecule has 1 aromatic heterocycles. The second-order valence-corrected chi connectivity index (χ2v) is 5.04. The minimum absolute atomic E-state index is 0.323. The molecule has 6 heteroatoms. The van der Waals surface area contributed by atoms with Gasteiger partial charge in [0, 0.05) is 0 Å². The summed E-state index contributed by atoms with van der Waals surface area (Å²) in [5.74, 6) is 0.634. The van der Waals surface area contributed by atoms with Crippen molar-refractivity contribution in [2.75, 3.05) is 11.9 Å². The van der Waals surface area contributed by atoms with Crippen LogP contribution in [0.15, 0.2) is 4.42 Å². The van der Waals surface area contributed by atoms with E-state index in [9.17, 15) is 0 Å². The summed E-state index contributed by atoms with van der Waals surface area (Å²) in [6.45, 7) is 3.73. The molecule has 3 heterocycles. The summed E-state index contributed by atoms with van der Waals surface area (Å²) in [7, 11) is 0. The van der Waals surface area contributed by atoms with Gasteiger partial charge in [0.05, 0.1) is 24.8 Å². The molecular formula is C12H20N4O2. The number of hydrogen-bond acceptors (Lipinski definition) is 6. The summed E-state index contributed by atoms with van der Waals surface area (Å²) in [5.41, 5.74) is 0. The van der Waals surface area contributed by atoms with E-state index in [2.05, 4.69) is 27.8 Å². The Hall–Kier alpha value is -1.14. The van der Waals surface area contributed by atoms with Crippen molar-refractivity contribution < 1.29 is 9.15 Å². The van der Waals surface area contributed by atoms with Crippen LogP contribution in [0.5, 0.6) is 0 Å². The van der Waals surface area contributed by atoms with Crippen molar-refractivity contribution in [2.45, 2.75) is 57.4 Å². The zero-order chi connectivity index (χ0) is 12.4. The van der Waals surface area contributed by atoms with Gasteiger partial charge in [0.25, 0.3) is 0 Å². The van der Waals surface area contributed by atoms with Crippen molar-refractivity contribution in [1.82, 2.24) is 15.5 Å². The monoisotopic (exact) mass is 252 g/mol. The summed E-state index contributed by atoms with van der Waals surface area (Å²) >= 11 is 0. The largest absolute Gasteiger partial charge is 0.407 e. The first-order chi connectivity index (χ1) is 8.85. The first-order valence-corrected chi connectivity index (χ1v) is 6.80. The Bertz CT molecular complexity index is 395. The van der Waals surface area contributed by atoms with Gasteiger partial charge < -0.3 is 19.8 Å². The van der Waals surface area contributed by atoms with Gasteiger partial charge in [-0.05, 0) is 32.2 Å². The van der Waals surface area contributed by atoms with Crippen molar-refractivity contribution in [3.8, 4) is 0 Å². The van der Waals surface area contributed by atoms with Crippen molar-refractivity contribution >= 4 is 6.01 Å². The van der Waals surface area contributed by atoms with Crippen molar-refractivity contribution in [2.24, 2.45) is 0 Å². The minimum Gasteiger partial charge on any atom is -0.407 e. The average Bonchev–Trinajstić information content (AvgIpc) is 3.06. The topological polar surface area (TPSA) is 72.2 Å². The molecular weight excluding hydrogens is 232 g/mol. The minimum atomic E-state index is 0.323. The fraction of sp³-hybridized carbons (Fsp3) is 0.833. The molecule has 3 rings (SSSR count). The third-order valence-electron chi connectivity index (χ3n) is 3.58. The van der Waals surface area contributed by atoms with Gasteiger partial charge in [0.2, 0.25) is 5.89 Å². The molecule has 2 fully saturated rings. The Morgan fingerprint density at radius 2 is 2.28 bits per heavy atom. The van der Waals surface area contributed by atoms with Crippen LogP contribution in [0.1, 0.15) is 38.5 Å². The van der Waals surface area contributed by atoms with Gasteiger partial charge >= 0.3 is 6.01 Å². The Morgan fingerprint density at radius 3 is 3.00 bits per heavy atom. The Balaban J connectivity index is 1.51. The third-order valence-corrected chi connectivity index (χ3v) is 3.58. The maximum atomic E-state index is 5.78. The second kappa shape index (κ2) is 5.24. The summed E-state index contributed by atoms with van der Waals surface area (Å²) < 4.78 is 11.3. The molecule has 0 radical (unpaired) electrons. The fourth-order valence-corrected chi connectivity index (χ4v) is 2.70. The molecule has 2 aliphatic heterocycles. The van der Waals surface area contributed by atoms with Gasteiger partial charge in [-0.1, -0.05) is 12.0 Å². The summed E-state index contributed by atoms with van der Waals surface area (Å²) in [6.07, 6.45) is 5.24. The highest BCUT2D eigenvalue weighted by Gasteiger charge is 2.41. The average molecular weight is 252 g/mol. The number of nitrogens with zero attached hydrogens (tertiary/aromatic N) is 2. The maximum absolute atomic E-state index is 5.78. The van der Waals surface area contributed by atoms with E-state index < -0.39 is 0 Å². The van der Waals surface area contributed by atoms with Crippen LogP contribution in [-0.2, 0) is 11.3 Å². The number of fused-ring (bicyclic) bond motifs is 2. The lowest BCUT2D eigenvalue weighted by Gasteiger charge is -2.18. The lowest BCUT2D eigenvalue weighted by molar-refractivity contribution is 0.102. The van der Waals surface area contributed by atoms with Crippen LogP contribution in [0.4, 0.5) is 6.01 Å². The van der Waals surface area contributed by atoms with Gasteiger partial charge in [0.1, 0.15) is 0 Å². The van der Waals surface area contributed by atoms with Crippen LogP contribution in [0.25, 0.3) is 0 Å². The Labute approximate surface area is 106 Å². The lowest BCUT2D eigenvalue weighted by atomic mass is 9.96. The highest BCUT2D eigenvalue weighted by molar-refractivity contribution is 5.22. The molecule has 2 saturated heterocycles. The molecule has 100 valence electrons. The molecule has 1 aromatic rings. The highest BCUT2D eigenvalue weighted by atomic mass is 16.5. The van der Waals surface area contributed by atoms with Crippen LogP contribution in [0.2, 0.25) is 0 Å². The molecule has 0 aromatic carbocycles. The number of anilines is 1. The molecule has 0 aliphatic carbocycles. The van der Waals surface area contributed by atoms with Crippen LogP contribution in [0.3, 0.4) is 0 Å². The molecule has 0 spiro atoms. The van der Waals surface area contributed by atoms with Crippen LogP contribution < -0.4 is 10.6 Å². The molecule has 6 nitrogen and oxygen atoms in total. The second-order valence-electron chi connectivity index (χ2n) is 5.04. The number of ether oxygens (including phenoxy) is 1. The standard InChI is InChI=1S/C12H20N4O2/c1-2-5-13-7-11-15-16-12(18-11)14-9-6-8-3-4-10(9)17-8/h8-10,13H,2-7H2,1H3,(H,14,16). The van der Waals surface area contributed by atoms with Gasteiger partial charge in [0.15, 0.2) is 0 Å². The van der Waals surface area contributed by atoms with Crippen molar-refractivity contribution in [1.29, 1.82) is 0 Å². The van der Waals surface area contributed by atoms with E-state index in [1.165, 1.54) is 6.42 Å². The summed E-state index contributed by atoms with van der Waals surface area (Å²) in [5, 5.41) is 14.6. The molecule has 2 aliphatic rings. The maximum Gasteiger partial charge on any atom is 0.315 e. The molecule has 18 heavy (non-hydrogen) atoms. The van der Waals surface area contributed by atoms with Gasteiger partial charge in [-0.2, -0.15) is 0 Å². The predicted octanol–water partition coefficient (Wildman–Crippen LogP) is 1.30. The molecule has 3 atom stereocenters. The summed E-state index contributed by atoms with van der Waals surface area (Å²) in [4.78, 5) is 0. The summed E-state index contributed by atoms with van der Waals surface area (Å²) in [6, 6.07) is 0.852. The quantitative estimate of drug-likeness (QED) is 0.744. The third kappa shape index (κ3) is 2.49. The first kappa shape index (κ1) is 11.9. The molecule has 3 unspecified atom stereocenters. The number of rotatable bonds is 6.